The van der Waals surface area contributed by atoms with Crippen molar-refractivity contribution in [1.82, 2.24) is 4.98 Å². The molecule has 7 unspecified atom stereocenters. The molecule has 6 heteroatoms. The van der Waals surface area contributed by atoms with Gasteiger partial charge in [0.15, 0.2) is 5.85 Å². The fraction of sp³-hybridized carbons (Fsp3) is 0.808. The van der Waals surface area contributed by atoms with Crippen LogP contribution in [0.3, 0.4) is 0 Å². The van der Waals surface area contributed by atoms with Gasteiger partial charge in [-0.05, 0) is 67.3 Å². The van der Waals surface area contributed by atoms with E-state index in [1.807, 2.05) is 0 Å². The first kappa shape index (κ1) is 25.9. The Hall–Kier alpha value is -0.740. The fourth-order valence-electron chi connectivity index (χ4n) is 5.70. The predicted molar refractivity (Wildman–Crippen MR) is 129 cm³/mol. The number of nitrogens with zero attached hydrogens (tertiary/aromatic N) is 1. The van der Waals surface area contributed by atoms with Gasteiger partial charge in [0.1, 0.15) is 0 Å². The second-order valence-corrected chi connectivity index (χ2v) is 13.1. The molecule has 2 saturated carbocycles. The van der Waals surface area contributed by atoms with Crippen LogP contribution in [-0.2, 0) is 13.6 Å². The van der Waals surface area contributed by atoms with Crippen LogP contribution in [-0.4, -0.2) is 22.3 Å². The topological polar surface area (TPSA) is 68.7 Å². The summed E-state index contributed by atoms with van der Waals surface area (Å²) in [7, 11) is -3.86. The lowest BCUT2D eigenvalue weighted by molar-refractivity contribution is -0.0154. The molecule has 3 rings (SSSR count). The molecule has 2 fully saturated rings. The van der Waals surface area contributed by atoms with Gasteiger partial charge < -0.3 is 14.2 Å². The first-order chi connectivity index (χ1) is 15.1. The highest BCUT2D eigenvalue weighted by Gasteiger charge is 2.46. The van der Waals surface area contributed by atoms with Crippen molar-refractivity contribution in [1.29, 1.82) is 0 Å². The van der Waals surface area contributed by atoms with Crippen molar-refractivity contribution in [3.8, 4) is 0 Å². The maximum absolute atomic E-state index is 14.5. The minimum absolute atomic E-state index is 0.172. The number of pyridine rings is 1. The quantitative estimate of drug-likeness (QED) is 0.410. The van der Waals surface area contributed by atoms with Crippen molar-refractivity contribution in [2.24, 2.45) is 35.5 Å². The second-order valence-electron chi connectivity index (χ2n) is 11.1. The van der Waals surface area contributed by atoms with Gasteiger partial charge in [0.25, 0.3) is 0 Å². The Morgan fingerprint density at radius 1 is 0.938 bits per heavy atom. The lowest BCUT2D eigenvalue weighted by Gasteiger charge is -2.42. The number of hydrogen-bond acceptors (Lipinski definition) is 5. The molecule has 0 saturated heterocycles. The summed E-state index contributed by atoms with van der Waals surface area (Å²) in [4.78, 5) is 4.13. The van der Waals surface area contributed by atoms with Crippen molar-refractivity contribution in [3.63, 3.8) is 0 Å². The smallest absolute Gasteiger partial charge is 0.364 e. The third kappa shape index (κ3) is 6.23. The van der Waals surface area contributed by atoms with Crippen LogP contribution in [0.1, 0.15) is 91.5 Å². The number of aliphatic hydroxyl groups is 1. The Bertz CT molecular complexity index is 717. The van der Waals surface area contributed by atoms with Crippen molar-refractivity contribution < 1.29 is 18.7 Å². The maximum Gasteiger partial charge on any atom is 0.364 e. The summed E-state index contributed by atoms with van der Waals surface area (Å²) in [6.45, 7) is 13.3. The number of aromatic nitrogens is 1. The third-order valence-electron chi connectivity index (χ3n) is 7.77. The van der Waals surface area contributed by atoms with Gasteiger partial charge in [0.2, 0.25) is 0 Å². The molecule has 1 aromatic rings. The summed E-state index contributed by atoms with van der Waals surface area (Å²) in [5, 5.41) is 11.3. The normalized spacial score (nSPS) is 34.4. The Kier molecular flexibility index (Phi) is 8.99. The Morgan fingerprint density at radius 3 is 1.84 bits per heavy atom. The van der Waals surface area contributed by atoms with E-state index in [1.54, 1.807) is 24.5 Å². The molecule has 7 atom stereocenters. The summed E-state index contributed by atoms with van der Waals surface area (Å²) in [5.41, 5.74) is 0.491. The van der Waals surface area contributed by atoms with E-state index in [0.29, 0.717) is 41.1 Å². The monoisotopic (exact) mass is 465 g/mol. The molecule has 0 aliphatic heterocycles. The molecular weight excluding hydrogens is 421 g/mol. The Labute approximate surface area is 195 Å². The molecule has 1 heterocycles. The zero-order valence-electron chi connectivity index (χ0n) is 20.8. The minimum atomic E-state index is -3.86. The largest absolute Gasteiger partial charge is 0.376 e. The van der Waals surface area contributed by atoms with Crippen molar-refractivity contribution in [2.75, 3.05) is 0 Å². The second kappa shape index (κ2) is 11.1. The molecule has 32 heavy (non-hydrogen) atoms. The fourth-order valence-corrected chi connectivity index (χ4v) is 7.74. The summed E-state index contributed by atoms with van der Waals surface area (Å²) in [6, 6.07) is 3.51. The van der Waals surface area contributed by atoms with Gasteiger partial charge in [-0.15, -0.1) is 0 Å². The van der Waals surface area contributed by atoms with E-state index >= 15 is 0 Å². The molecule has 0 amide bonds. The Morgan fingerprint density at radius 2 is 1.44 bits per heavy atom. The van der Waals surface area contributed by atoms with Crippen LogP contribution < -0.4 is 0 Å². The van der Waals surface area contributed by atoms with Gasteiger partial charge >= 0.3 is 7.60 Å². The molecule has 1 aromatic heterocycles. The molecule has 1 N–H and O–H groups in total. The molecule has 0 bridgehead atoms. The first-order valence-corrected chi connectivity index (χ1v) is 14.3. The SMILES string of the molecule is CC1CCC(C(C)C)C(OP(=O)(OC2CC(C)CCC2C(C)C)C(O)c2cccnc2)C1. The standard InChI is InChI=1S/C26H44NO4P/c1-17(2)22-11-9-19(5)14-24(22)30-32(29,26(28)21-8-7-13-27-16-21)31-25-15-20(6)10-12-23(25)18(3)4/h7-8,13,16-20,22-26,28H,9-12,14-15H2,1-6H3. The highest BCUT2D eigenvalue weighted by Crippen LogP contribution is 2.64. The van der Waals surface area contributed by atoms with Crippen molar-refractivity contribution in [2.45, 2.75) is 98.1 Å². The van der Waals surface area contributed by atoms with Crippen molar-refractivity contribution >= 4 is 7.60 Å². The molecule has 2 aliphatic carbocycles. The molecule has 0 spiro atoms. The van der Waals surface area contributed by atoms with Crippen LogP contribution in [0.4, 0.5) is 0 Å². The van der Waals surface area contributed by atoms with Crippen molar-refractivity contribution in [3.05, 3.63) is 30.1 Å². The molecule has 0 aromatic carbocycles. The molecule has 2 aliphatic rings. The minimum Gasteiger partial charge on any atom is -0.376 e. The van der Waals surface area contributed by atoms with Crippen LogP contribution in [0.2, 0.25) is 0 Å². The summed E-state index contributed by atoms with van der Waals surface area (Å²) >= 11 is 0. The van der Waals surface area contributed by atoms with E-state index in [1.165, 1.54) is 0 Å². The average molecular weight is 466 g/mol. The molecule has 5 nitrogen and oxygen atoms in total. The molecule has 0 radical (unpaired) electrons. The maximum atomic E-state index is 14.5. The van der Waals surface area contributed by atoms with Gasteiger partial charge in [-0.2, -0.15) is 0 Å². The van der Waals surface area contributed by atoms with Crippen LogP contribution in [0, 0.1) is 35.5 Å². The van der Waals surface area contributed by atoms with E-state index < -0.39 is 13.4 Å². The Balaban J connectivity index is 1.92. The highest BCUT2D eigenvalue weighted by molar-refractivity contribution is 7.54. The summed E-state index contributed by atoms with van der Waals surface area (Å²) in [6.07, 6.45) is 9.01. The van der Waals surface area contributed by atoms with E-state index in [9.17, 15) is 9.67 Å². The van der Waals surface area contributed by atoms with E-state index in [-0.39, 0.29) is 12.2 Å². The van der Waals surface area contributed by atoms with Gasteiger partial charge in [0, 0.05) is 18.0 Å². The summed E-state index contributed by atoms with van der Waals surface area (Å²) < 4.78 is 27.4. The van der Waals surface area contributed by atoms with Crippen LogP contribution >= 0.6 is 7.60 Å². The van der Waals surface area contributed by atoms with E-state index in [2.05, 4.69) is 46.5 Å². The zero-order chi connectivity index (χ0) is 23.5. The first-order valence-electron chi connectivity index (χ1n) is 12.6. The van der Waals surface area contributed by atoms with Crippen LogP contribution in [0.25, 0.3) is 0 Å². The van der Waals surface area contributed by atoms with E-state index in [0.717, 1.165) is 38.5 Å². The van der Waals surface area contributed by atoms with Crippen LogP contribution in [0.15, 0.2) is 24.5 Å². The molecular formula is C26H44NO4P. The lowest BCUT2D eigenvalue weighted by atomic mass is 9.75. The van der Waals surface area contributed by atoms with Gasteiger partial charge in [-0.3, -0.25) is 9.55 Å². The number of rotatable bonds is 8. The molecule has 182 valence electrons. The summed E-state index contributed by atoms with van der Waals surface area (Å²) in [5.74, 6) is 1.18. The van der Waals surface area contributed by atoms with Gasteiger partial charge in [0.05, 0.1) is 12.2 Å². The van der Waals surface area contributed by atoms with Gasteiger partial charge in [-0.25, -0.2) is 0 Å². The third-order valence-corrected chi connectivity index (χ3v) is 9.80. The average Bonchev–Trinajstić information content (AvgIpc) is 2.73. The highest BCUT2D eigenvalue weighted by atomic mass is 31.2. The predicted octanol–water partition coefficient (Wildman–Crippen LogP) is 7.22. The van der Waals surface area contributed by atoms with E-state index in [4.69, 9.17) is 9.05 Å². The number of aliphatic hydroxyl groups excluding tert-OH is 1. The van der Waals surface area contributed by atoms with Crippen LogP contribution in [0.5, 0.6) is 0 Å². The van der Waals surface area contributed by atoms with Gasteiger partial charge in [-0.1, -0.05) is 60.5 Å². The lowest BCUT2D eigenvalue weighted by Crippen LogP contribution is -2.37. The number of hydrogen-bond donors (Lipinski definition) is 1. The zero-order valence-corrected chi connectivity index (χ0v) is 21.7.